The second kappa shape index (κ2) is 4.00. The van der Waals surface area contributed by atoms with Crippen LogP contribution in [0.2, 0.25) is 0 Å². The van der Waals surface area contributed by atoms with Gasteiger partial charge in [-0.05, 0) is 60.1 Å². The minimum absolute atomic E-state index is 0.763. The van der Waals surface area contributed by atoms with Crippen molar-refractivity contribution in [1.29, 1.82) is 0 Å². The third kappa shape index (κ3) is 1.78. The molecule has 0 nitrogen and oxygen atoms in total. The Morgan fingerprint density at radius 1 is 0.944 bits per heavy atom. The molecule has 1 heteroatoms. The van der Waals surface area contributed by atoms with Gasteiger partial charge in [-0.1, -0.05) is 35.9 Å². The molecule has 0 N–H and O–H groups in total. The molecule has 1 aliphatic rings. The molecule has 0 spiro atoms. The maximum Gasteiger partial charge on any atom is 0.00231 e. The first-order chi connectivity index (χ1) is 8.54. The van der Waals surface area contributed by atoms with E-state index in [0.29, 0.717) is 0 Å². The van der Waals surface area contributed by atoms with Crippen molar-refractivity contribution < 1.29 is 0 Å². The topological polar surface area (TPSA) is 0 Å². The van der Waals surface area contributed by atoms with E-state index in [0.717, 1.165) is 8.19 Å². The van der Waals surface area contributed by atoms with Crippen LogP contribution < -0.4 is 9.90 Å². The highest BCUT2D eigenvalue weighted by Crippen LogP contribution is 2.29. The highest BCUT2D eigenvalue weighted by atomic mass is 31.0. The molecule has 1 unspecified atom stereocenters. The first-order valence-corrected chi connectivity index (χ1v) is 7.24. The van der Waals surface area contributed by atoms with E-state index in [-0.39, 0.29) is 0 Å². The van der Waals surface area contributed by atoms with Crippen LogP contribution in [0.5, 0.6) is 0 Å². The quantitative estimate of drug-likeness (QED) is 0.730. The number of allylic oxidation sites excluding steroid dienone is 1. The summed E-state index contributed by atoms with van der Waals surface area (Å²) in [6, 6.07) is 9.04. The Bertz CT molecular complexity index is 752. The summed E-state index contributed by atoms with van der Waals surface area (Å²) in [5.74, 6) is 0. The summed E-state index contributed by atoms with van der Waals surface area (Å²) in [7, 11) is 0.763. The van der Waals surface area contributed by atoms with Crippen LogP contribution in [0.25, 0.3) is 17.7 Å². The SMILES string of the molecule is C=c1cc2c([pH]1)=C(C)C=C2c1cc(C)cc(C)c1. The number of aryl methyl sites for hydroxylation is 2. The fourth-order valence-electron chi connectivity index (χ4n) is 2.77. The Kier molecular flexibility index (Phi) is 2.57. The van der Waals surface area contributed by atoms with Gasteiger partial charge in [0.05, 0.1) is 0 Å². The van der Waals surface area contributed by atoms with Gasteiger partial charge < -0.3 is 0 Å². The predicted molar refractivity (Wildman–Crippen MR) is 82.8 cm³/mol. The Hall–Kier alpha value is -1.52. The highest BCUT2D eigenvalue weighted by molar-refractivity contribution is 7.28. The maximum absolute atomic E-state index is 4.11. The van der Waals surface area contributed by atoms with Crippen LogP contribution >= 0.6 is 8.19 Å². The van der Waals surface area contributed by atoms with E-state index in [1.807, 2.05) is 0 Å². The molecule has 1 heterocycles. The second-order valence-corrected chi connectivity index (χ2v) is 6.59. The zero-order valence-corrected chi connectivity index (χ0v) is 12.1. The lowest BCUT2D eigenvalue weighted by Crippen LogP contribution is -1.96. The molecule has 0 saturated carbocycles. The molecule has 0 aliphatic heterocycles. The second-order valence-electron chi connectivity index (χ2n) is 5.20. The van der Waals surface area contributed by atoms with Crippen molar-refractivity contribution in [2.45, 2.75) is 20.8 Å². The van der Waals surface area contributed by atoms with Gasteiger partial charge in [0, 0.05) is 4.95 Å². The summed E-state index contributed by atoms with van der Waals surface area (Å²) < 4.78 is 0. The Morgan fingerprint density at radius 2 is 1.61 bits per heavy atom. The summed E-state index contributed by atoms with van der Waals surface area (Å²) in [6.45, 7) is 10.6. The van der Waals surface area contributed by atoms with Crippen LogP contribution in [0, 0.1) is 13.8 Å². The predicted octanol–water partition coefficient (Wildman–Crippen LogP) is 3.36. The lowest BCUT2D eigenvalue weighted by molar-refractivity contribution is 1.36. The summed E-state index contributed by atoms with van der Waals surface area (Å²) >= 11 is 0. The van der Waals surface area contributed by atoms with E-state index in [4.69, 9.17) is 0 Å². The van der Waals surface area contributed by atoms with Gasteiger partial charge in [-0.3, -0.25) is 0 Å². The average molecular weight is 252 g/mol. The van der Waals surface area contributed by atoms with E-state index in [9.17, 15) is 0 Å². The average Bonchev–Trinajstić information content (AvgIpc) is 2.77. The van der Waals surface area contributed by atoms with Crippen molar-refractivity contribution in [3.8, 4) is 0 Å². The van der Waals surface area contributed by atoms with E-state index < -0.39 is 0 Å². The number of hydrogen-bond acceptors (Lipinski definition) is 0. The molecule has 2 aromatic rings. The van der Waals surface area contributed by atoms with Gasteiger partial charge in [-0.25, -0.2) is 0 Å². The number of hydrogen-bond donors (Lipinski definition) is 0. The van der Waals surface area contributed by atoms with E-state index >= 15 is 0 Å². The molecule has 0 radical (unpaired) electrons. The van der Waals surface area contributed by atoms with Gasteiger partial charge in [0.1, 0.15) is 0 Å². The lowest BCUT2D eigenvalue weighted by Gasteiger charge is -2.06. The van der Waals surface area contributed by atoms with Crippen LogP contribution in [0.1, 0.15) is 29.2 Å². The third-order valence-electron chi connectivity index (χ3n) is 3.45. The fourth-order valence-corrected chi connectivity index (χ4v) is 3.92. The van der Waals surface area contributed by atoms with Crippen molar-refractivity contribution in [2.75, 3.05) is 0 Å². The van der Waals surface area contributed by atoms with E-state index in [1.165, 1.54) is 43.3 Å². The molecule has 0 fully saturated rings. The Morgan fingerprint density at radius 3 is 2.28 bits per heavy atom. The van der Waals surface area contributed by atoms with Crippen molar-refractivity contribution >= 4 is 25.9 Å². The zero-order chi connectivity index (χ0) is 12.9. The van der Waals surface area contributed by atoms with Gasteiger partial charge >= 0.3 is 0 Å². The van der Waals surface area contributed by atoms with E-state index in [2.05, 4.69) is 57.7 Å². The molecule has 0 bridgehead atoms. The van der Waals surface area contributed by atoms with Crippen molar-refractivity contribution in [2.24, 2.45) is 0 Å². The van der Waals surface area contributed by atoms with Crippen LogP contribution in [0.4, 0.5) is 0 Å². The molecule has 1 aromatic heterocycles. The van der Waals surface area contributed by atoms with Crippen molar-refractivity contribution in [1.82, 2.24) is 0 Å². The lowest BCUT2D eigenvalue weighted by atomic mass is 9.98. The first-order valence-electron chi connectivity index (χ1n) is 6.24. The number of fused-ring (bicyclic) bond motifs is 1. The summed E-state index contributed by atoms with van der Waals surface area (Å²) in [5, 5.41) is 0. The van der Waals surface area contributed by atoms with Gasteiger partial charge in [-0.2, -0.15) is 0 Å². The Balaban J connectivity index is 2.22. The zero-order valence-electron chi connectivity index (χ0n) is 11.1. The molecule has 18 heavy (non-hydrogen) atoms. The third-order valence-corrected chi connectivity index (χ3v) is 4.83. The Labute approximate surface area is 109 Å². The monoisotopic (exact) mass is 252 g/mol. The number of benzene rings is 1. The fraction of sp³-hybridized carbons (Fsp3) is 0.176. The largest absolute Gasteiger partial charge is 0.124 e. The molecule has 90 valence electrons. The van der Waals surface area contributed by atoms with Gasteiger partial charge in [-0.15, -0.1) is 8.19 Å². The molecule has 0 saturated heterocycles. The highest BCUT2D eigenvalue weighted by Gasteiger charge is 2.14. The maximum atomic E-state index is 4.11. The minimum atomic E-state index is 0.763. The van der Waals surface area contributed by atoms with E-state index in [1.54, 1.807) is 0 Å². The molecule has 0 amide bonds. The summed E-state index contributed by atoms with van der Waals surface area (Å²) in [5.41, 5.74) is 8.19. The van der Waals surface area contributed by atoms with Crippen LogP contribution in [-0.2, 0) is 0 Å². The van der Waals surface area contributed by atoms with Crippen LogP contribution in [0.3, 0.4) is 0 Å². The number of rotatable bonds is 1. The molecule has 1 aromatic carbocycles. The van der Waals surface area contributed by atoms with Crippen molar-refractivity contribution in [3.05, 3.63) is 62.5 Å². The summed E-state index contributed by atoms with van der Waals surface area (Å²) in [4.78, 5) is 2.75. The first kappa shape index (κ1) is 11.6. The normalized spacial score (nSPS) is 14.2. The molecule has 1 atom stereocenters. The van der Waals surface area contributed by atoms with Crippen LogP contribution in [-0.4, -0.2) is 0 Å². The standard InChI is InChI=1S/C17H17P/c1-10-5-11(2)7-14(6-10)15-8-12(3)17-16(15)9-13(4)18-17/h5-9,18H,4H2,1-3H3. The molecule has 1 aliphatic carbocycles. The van der Waals surface area contributed by atoms with Gasteiger partial charge in [0.15, 0.2) is 0 Å². The van der Waals surface area contributed by atoms with Gasteiger partial charge in [0.25, 0.3) is 0 Å². The summed E-state index contributed by atoms with van der Waals surface area (Å²) in [6.07, 6.45) is 2.33. The molecular weight excluding hydrogens is 235 g/mol. The van der Waals surface area contributed by atoms with Gasteiger partial charge in [0.2, 0.25) is 0 Å². The minimum Gasteiger partial charge on any atom is -0.124 e. The molecule has 3 rings (SSSR count). The van der Waals surface area contributed by atoms with Crippen molar-refractivity contribution in [3.63, 3.8) is 0 Å². The molecular formula is C17H17P. The smallest absolute Gasteiger partial charge is 0.00231 e. The van der Waals surface area contributed by atoms with Crippen LogP contribution in [0.15, 0.2) is 30.3 Å².